The van der Waals surface area contributed by atoms with Gasteiger partial charge in [0.1, 0.15) is 0 Å². The van der Waals surface area contributed by atoms with Crippen molar-refractivity contribution in [2.24, 2.45) is 11.7 Å². The Balaban J connectivity index is 1.94. The van der Waals surface area contributed by atoms with Crippen molar-refractivity contribution in [1.82, 2.24) is 9.88 Å². The zero-order chi connectivity index (χ0) is 11.5. The van der Waals surface area contributed by atoms with Crippen molar-refractivity contribution >= 4 is 23.2 Å². The van der Waals surface area contributed by atoms with E-state index in [4.69, 9.17) is 5.73 Å². The van der Waals surface area contributed by atoms with E-state index in [2.05, 4.69) is 4.98 Å². The van der Waals surface area contributed by atoms with Crippen LogP contribution in [0.15, 0.2) is 11.6 Å². The molecule has 2 amide bonds. The van der Waals surface area contributed by atoms with Gasteiger partial charge in [0, 0.05) is 30.6 Å². The van der Waals surface area contributed by atoms with Crippen LogP contribution in [0.2, 0.25) is 0 Å². The Morgan fingerprint density at radius 2 is 2.12 bits per heavy atom. The summed E-state index contributed by atoms with van der Waals surface area (Å²) in [5, 5.41) is 2.29. The Labute approximate surface area is 97.3 Å². The second kappa shape index (κ2) is 4.61. The maximum Gasteiger partial charge on any atom is 0.282 e. The Morgan fingerprint density at radius 3 is 2.62 bits per heavy atom. The predicted molar refractivity (Wildman–Crippen MR) is 59.9 cm³/mol. The number of primary amides is 1. The lowest BCUT2D eigenvalue weighted by molar-refractivity contribution is -0.123. The highest BCUT2D eigenvalue weighted by molar-refractivity contribution is 7.11. The van der Waals surface area contributed by atoms with E-state index < -0.39 is 0 Å². The summed E-state index contributed by atoms with van der Waals surface area (Å²) in [5.74, 6) is -0.389. The van der Waals surface area contributed by atoms with Gasteiger partial charge >= 0.3 is 0 Å². The fraction of sp³-hybridized carbons (Fsp3) is 0.500. The second-order valence-corrected chi connectivity index (χ2v) is 4.70. The highest BCUT2D eigenvalue weighted by atomic mass is 32.1. The number of piperidine rings is 1. The number of hydrogen-bond acceptors (Lipinski definition) is 4. The number of thiazole rings is 1. The Kier molecular flexibility index (Phi) is 3.19. The minimum atomic E-state index is -0.263. The molecule has 1 aromatic heterocycles. The molecule has 0 bridgehead atoms. The molecule has 1 aromatic rings. The number of nitrogens with zero attached hydrogens (tertiary/aromatic N) is 2. The van der Waals surface area contributed by atoms with E-state index >= 15 is 0 Å². The molecular formula is C10H13N3O2S. The van der Waals surface area contributed by atoms with Crippen molar-refractivity contribution in [3.05, 3.63) is 16.6 Å². The average Bonchev–Trinajstić information content (AvgIpc) is 2.81. The molecule has 1 fully saturated rings. The van der Waals surface area contributed by atoms with E-state index in [0.717, 1.165) is 0 Å². The highest BCUT2D eigenvalue weighted by Crippen LogP contribution is 2.19. The lowest BCUT2D eigenvalue weighted by Gasteiger charge is -2.29. The molecule has 2 N–H and O–H groups in total. The molecule has 1 saturated heterocycles. The Bertz CT molecular complexity index is 383. The van der Waals surface area contributed by atoms with Crippen LogP contribution in [0, 0.1) is 5.92 Å². The topological polar surface area (TPSA) is 76.3 Å². The molecule has 6 heteroatoms. The van der Waals surface area contributed by atoms with Crippen LogP contribution >= 0.6 is 11.3 Å². The molecule has 0 saturated carbocycles. The number of hydrogen-bond donors (Lipinski definition) is 1. The number of likely N-dealkylation sites (tertiary alicyclic amines) is 1. The van der Waals surface area contributed by atoms with Crippen molar-refractivity contribution in [2.45, 2.75) is 12.8 Å². The third-order valence-corrected chi connectivity index (χ3v) is 3.56. The summed E-state index contributed by atoms with van der Waals surface area (Å²) < 4.78 is 0. The summed E-state index contributed by atoms with van der Waals surface area (Å²) in [7, 11) is 0. The summed E-state index contributed by atoms with van der Waals surface area (Å²) in [5.41, 5.74) is 5.23. The van der Waals surface area contributed by atoms with Gasteiger partial charge in [-0.2, -0.15) is 0 Å². The van der Waals surface area contributed by atoms with Gasteiger partial charge in [0.2, 0.25) is 5.91 Å². The lowest BCUT2D eigenvalue weighted by atomic mass is 9.96. The molecule has 0 atom stereocenters. The molecule has 1 aliphatic rings. The van der Waals surface area contributed by atoms with Gasteiger partial charge in [-0.1, -0.05) is 0 Å². The van der Waals surface area contributed by atoms with Crippen molar-refractivity contribution in [2.75, 3.05) is 13.1 Å². The molecule has 2 rings (SSSR count). The van der Waals surface area contributed by atoms with Crippen LogP contribution in [0.5, 0.6) is 0 Å². The van der Waals surface area contributed by atoms with Crippen LogP contribution in [0.25, 0.3) is 0 Å². The number of rotatable bonds is 2. The third-order valence-electron chi connectivity index (χ3n) is 2.80. The zero-order valence-electron chi connectivity index (χ0n) is 8.76. The van der Waals surface area contributed by atoms with Gasteiger partial charge in [-0.25, -0.2) is 4.98 Å². The maximum atomic E-state index is 11.9. The van der Waals surface area contributed by atoms with Crippen LogP contribution in [0.4, 0.5) is 0 Å². The van der Waals surface area contributed by atoms with Gasteiger partial charge in [-0.05, 0) is 12.8 Å². The summed E-state index contributed by atoms with van der Waals surface area (Å²) in [6.07, 6.45) is 2.94. The van der Waals surface area contributed by atoms with Gasteiger partial charge < -0.3 is 10.6 Å². The first-order chi connectivity index (χ1) is 7.68. The van der Waals surface area contributed by atoms with E-state index in [1.54, 1.807) is 16.5 Å². The van der Waals surface area contributed by atoms with Crippen LogP contribution < -0.4 is 5.73 Å². The average molecular weight is 239 g/mol. The first-order valence-corrected chi connectivity index (χ1v) is 6.04. The minimum absolute atomic E-state index is 0.0436. The largest absolute Gasteiger partial charge is 0.369 e. The number of nitrogens with two attached hydrogens (primary N) is 1. The van der Waals surface area contributed by atoms with Gasteiger partial charge in [0.05, 0.1) is 0 Å². The summed E-state index contributed by atoms with van der Waals surface area (Å²) in [6, 6.07) is 0. The molecule has 0 radical (unpaired) electrons. The Hall–Kier alpha value is -1.43. The molecule has 2 heterocycles. The van der Waals surface area contributed by atoms with Crippen LogP contribution in [-0.4, -0.2) is 34.8 Å². The van der Waals surface area contributed by atoms with Gasteiger partial charge in [-0.3, -0.25) is 9.59 Å². The number of amides is 2. The number of carbonyl (C=O) groups excluding carboxylic acids is 2. The van der Waals surface area contributed by atoms with E-state index in [9.17, 15) is 9.59 Å². The molecule has 86 valence electrons. The van der Waals surface area contributed by atoms with Crippen LogP contribution in [-0.2, 0) is 4.79 Å². The number of aromatic nitrogens is 1. The smallest absolute Gasteiger partial charge is 0.282 e. The quantitative estimate of drug-likeness (QED) is 0.815. The van der Waals surface area contributed by atoms with Crippen molar-refractivity contribution in [3.63, 3.8) is 0 Å². The second-order valence-electron chi connectivity index (χ2n) is 3.81. The van der Waals surface area contributed by atoms with Crippen LogP contribution in [0.3, 0.4) is 0 Å². The lowest BCUT2D eigenvalue weighted by Crippen LogP contribution is -2.41. The molecular weight excluding hydrogens is 226 g/mol. The molecule has 0 spiro atoms. The minimum Gasteiger partial charge on any atom is -0.369 e. The monoisotopic (exact) mass is 239 g/mol. The SMILES string of the molecule is NC(=O)C1CCN(C(=O)c2nccs2)CC1. The molecule has 0 unspecified atom stereocenters. The first kappa shape index (κ1) is 11.1. The first-order valence-electron chi connectivity index (χ1n) is 5.16. The van der Waals surface area contributed by atoms with Crippen LogP contribution in [0.1, 0.15) is 22.6 Å². The molecule has 5 nitrogen and oxygen atoms in total. The molecule has 1 aliphatic heterocycles. The van der Waals surface area contributed by atoms with Gasteiger partial charge in [0.15, 0.2) is 5.01 Å². The fourth-order valence-corrected chi connectivity index (χ4v) is 2.43. The van der Waals surface area contributed by atoms with E-state index in [1.807, 2.05) is 0 Å². The highest BCUT2D eigenvalue weighted by Gasteiger charge is 2.27. The summed E-state index contributed by atoms with van der Waals surface area (Å²) in [4.78, 5) is 28.6. The molecule has 16 heavy (non-hydrogen) atoms. The molecule has 0 aliphatic carbocycles. The maximum absolute atomic E-state index is 11.9. The summed E-state index contributed by atoms with van der Waals surface area (Å²) in [6.45, 7) is 1.18. The normalized spacial score (nSPS) is 17.4. The van der Waals surface area contributed by atoms with Gasteiger partial charge in [-0.15, -0.1) is 11.3 Å². The third kappa shape index (κ3) is 2.21. The Morgan fingerprint density at radius 1 is 1.44 bits per heavy atom. The van der Waals surface area contributed by atoms with Crippen molar-refractivity contribution in [1.29, 1.82) is 0 Å². The van der Waals surface area contributed by atoms with E-state index in [0.29, 0.717) is 30.9 Å². The predicted octanol–water partition coefficient (Wildman–Crippen LogP) is 0.481. The fourth-order valence-electron chi connectivity index (χ4n) is 1.83. The van der Waals surface area contributed by atoms with Gasteiger partial charge in [0.25, 0.3) is 5.91 Å². The van der Waals surface area contributed by atoms with E-state index in [-0.39, 0.29) is 17.7 Å². The summed E-state index contributed by atoms with van der Waals surface area (Å²) >= 11 is 1.34. The standard InChI is InChI=1S/C10H13N3O2S/c11-8(14)7-1-4-13(5-2-7)10(15)9-12-3-6-16-9/h3,6-7H,1-2,4-5H2,(H2,11,14). The van der Waals surface area contributed by atoms with Crippen molar-refractivity contribution in [3.8, 4) is 0 Å². The van der Waals surface area contributed by atoms with Crippen molar-refractivity contribution < 1.29 is 9.59 Å². The number of carbonyl (C=O) groups is 2. The van der Waals surface area contributed by atoms with E-state index in [1.165, 1.54) is 11.3 Å². The molecule has 0 aromatic carbocycles. The zero-order valence-corrected chi connectivity index (χ0v) is 9.57.